The third-order valence-electron chi connectivity index (χ3n) is 2.31. The molecule has 3 heteroatoms. The topological polar surface area (TPSA) is 27.3 Å². The van der Waals surface area contributed by atoms with Gasteiger partial charge in [-0.15, -0.1) is 5.53 Å². The quantitative estimate of drug-likeness (QED) is 0.672. The van der Waals surface area contributed by atoms with Crippen molar-refractivity contribution in [1.29, 1.82) is 0 Å². The molecule has 0 radical (unpaired) electrons. The first-order valence-corrected chi connectivity index (χ1v) is 4.66. The second kappa shape index (κ2) is 3.81. The zero-order chi connectivity index (χ0) is 9.14. The molecule has 0 aromatic carbocycles. The minimum Gasteiger partial charge on any atom is -0.306 e. The summed E-state index contributed by atoms with van der Waals surface area (Å²) in [4.78, 5) is 0. The Labute approximate surface area is 74.8 Å². The lowest BCUT2D eigenvalue weighted by atomic mass is 10.1. The van der Waals surface area contributed by atoms with Crippen molar-refractivity contribution in [3.63, 3.8) is 0 Å². The average Bonchev–Trinajstić information content (AvgIpc) is 2.51. The van der Waals surface area contributed by atoms with Crippen molar-refractivity contribution in [2.24, 2.45) is 5.92 Å². The van der Waals surface area contributed by atoms with Gasteiger partial charge in [-0.05, 0) is 26.2 Å². The van der Waals surface area contributed by atoms with Crippen molar-refractivity contribution < 1.29 is 0 Å². The van der Waals surface area contributed by atoms with Gasteiger partial charge in [0.1, 0.15) is 0 Å². The lowest BCUT2D eigenvalue weighted by molar-refractivity contribution is 0.220. The van der Waals surface area contributed by atoms with Gasteiger partial charge in [0.2, 0.25) is 0 Å². The zero-order valence-electron chi connectivity index (χ0n) is 8.39. The van der Waals surface area contributed by atoms with E-state index in [9.17, 15) is 0 Å². The van der Waals surface area contributed by atoms with Crippen molar-refractivity contribution in [2.75, 3.05) is 0 Å². The Morgan fingerprint density at radius 3 is 2.50 bits per heavy atom. The summed E-state index contributed by atoms with van der Waals surface area (Å²) in [6.07, 6.45) is 3.32. The number of nitrogens with one attached hydrogen (secondary N) is 2. The summed E-state index contributed by atoms with van der Waals surface area (Å²) >= 11 is 0. The molecular formula is C9H19N3. The van der Waals surface area contributed by atoms with E-state index in [1.807, 2.05) is 0 Å². The van der Waals surface area contributed by atoms with Gasteiger partial charge in [0.25, 0.3) is 0 Å². The molecule has 0 saturated carbocycles. The molecule has 12 heavy (non-hydrogen) atoms. The molecule has 1 aliphatic rings. The van der Waals surface area contributed by atoms with Gasteiger partial charge in [-0.2, -0.15) is 0 Å². The number of hydrogen-bond donors (Lipinski definition) is 2. The third-order valence-corrected chi connectivity index (χ3v) is 2.31. The van der Waals surface area contributed by atoms with Crippen LogP contribution in [0.3, 0.4) is 0 Å². The summed E-state index contributed by atoms with van der Waals surface area (Å²) in [5.74, 6) is 0.612. The first kappa shape index (κ1) is 9.39. The summed E-state index contributed by atoms with van der Waals surface area (Å²) in [7, 11) is 0. The highest BCUT2D eigenvalue weighted by Gasteiger charge is 2.16. The molecule has 0 aliphatic carbocycles. The molecule has 1 atom stereocenters. The minimum atomic E-state index is 0.499. The third kappa shape index (κ3) is 1.91. The monoisotopic (exact) mass is 169 g/mol. The fourth-order valence-corrected chi connectivity index (χ4v) is 1.09. The highest BCUT2D eigenvalue weighted by molar-refractivity contribution is 5.05. The van der Waals surface area contributed by atoms with Crippen molar-refractivity contribution in [3.8, 4) is 0 Å². The van der Waals surface area contributed by atoms with Crippen LogP contribution in [-0.2, 0) is 0 Å². The van der Waals surface area contributed by atoms with Crippen LogP contribution < -0.4 is 11.0 Å². The fraction of sp³-hybridized carbons (Fsp3) is 0.778. The van der Waals surface area contributed by atoms with Gasteiger partial charge in [-0.25, -0.2) is 0 Å². The van der Waals surface area contributed by atoms with Gasteiger partial charge < -0.3 is 5.43 Å². The summed E-state index contributed by atoms with van der Waals surface area (Å²) in [5.41, 5.74) is 7.57. The second-order valence-corrected chi connectivity index (χ2v) is 3.63. The molecule has 0 amide bonds. The van der Waals surface area contributed by atoms with Crippen molar-refractivity contribution in [3.05, 3.63) is 11.9 Å². The zero-order valence-corrected chi connectivity index (χ0v) is 8.39. The smallest absolute Gasteiger partial charge is 0.0481 e. The Morgan fingerprint density at radius 2 is 2.08 bits per heavy atom. The van der Waals surface area contributed by atoms with Gasteiger partial charge >= 0.3 is 0 Å². The maximum absolute atomic E-state index is 3.18. The molecule has 0 fully saturated rings. The predicted molar refractivity (Wildman–Crippen MR) is 50.8 cm³/mol. The maximum Gasteiger partial charge on any atom is 0.0481 e. The summed E-state index contributed by atoms with van der Waals surface area (Å²) in [6.45, 7) is 8.74. The molecule has 3 nitrogen and oxygen atoms in total. The van der Waals surface area contributed by atoms with Crippen LogP contribution in [0.5, 0.6) is 0 Å². The van der Waals surface area contributed by atoms with Crippen molar-refractivity contribution >= 4 is 0 Å². The van der Waals surface area contributed by atoms with E-state index < -0.39 is 0 Å². The van der Waals surface area contributed by atoms with Gasteiger partial charge in [-0.3, -0.25) is 5.01 Å². The molecule has 0 spiro atoms. The minimum absolute atomic E-state index is 0.499. The van der Waals surface area contributed by atoms with Crippen LogP contribution in [0.2, 0.25) is 0 Å². The lowest BCUT2D eigenvalue weighted by Gasteiger charge is -2.18. The fourth-order valence-electron chi connectivity index (χ4n) is 1.09. The number of rotatable bonds is 3. The van der Waals surface area contributed by atoms with Crippen LogP contribution in [0.1, 0.15) is 34.1 Å². The molecule has 0 aromatic heterocycles. The first-order chi connectivity index (χ1) is 5.65. The molecule has 0 saturated heterocycles. The molecule has 0 aromatic rings. The molecule has 2 N–H and O–H groups in total. The Bertz CT molecular complexity index is 175. The van der Waals surface area contributed by atoms with Crippen LogP contribution in [0.25, 0.3) is 0 Å². The Balaban J connectivity index is 2.53. The van der Waals surface area contributed by atoms with Crippen LogP contribution in [0.15, 0.2) is 11.9 Å². The Kier molecular flexibility index (Phi) is 2.98. The van der Waals surface area contributed by atoms with Gasteiger partial charge in [0.15, 0.2) is 0 Å². The summed E-state index contributed by atoms with van der Waals surface area (Å²) in [6, 6.07) is 0.499. The van der Waals surface area contributed by atoms with E-state index in [1.54, 1.807) is 0 Å². The van der Waals surface area contributed by atoms with Gasteiger partial charge in [-0.1, -0.05) is 13.8 Å². The highest BCUT2D eigenvalue weighted by atomic mass is 15.7. The molecule has 1 heterocycles. The lowest BCUT2D eigenvalue weighted by Crippen LogP contribution is -2.40. The normalized spacial score (nSPS) is 19.4. The number of allylic oxidation sites excluding steroid dienone is 1. The Morgan fingerprint density at radius 1 is 1.42 bits per heavy atom. The number of hydrogen-bond acceptors (Lipinski definition) is 3. The van der Waals surface area contributed by atoms with E-state index >= 15 is 0 Å². The first-order valence-electron chi connectivity index (χ1n) is 4.66. The van der Waals surface area contributed by atoms with Crippen LogP contribution in [0.4, 0.5) is 0 Å². The number of hydrazine groups is 2. The Hall–Kier alpha value is -0.700. The largest absolute Gasteiger partial charge is 0.306 e. The van der Waals surface area contributed by atoms with Crippen molar-refractivity contribution in [1.82, 2.24) is 16.0 Å². The molecule has 1 unspecified atom stereocenters. The van der Waals surface area contributed by atoms with Gasteiger partial charge in [0.05, 0.1) is 0 Å². The average molecular weight is 169 g/mol. The van der Waals surface area contributed by atoms with E-state index in [4.69, 9.17) is 0 Å². The van der Waals surface area contributed by atoms with E-state index in [-0.39, 0.29) is 0 Å². The van der Waals surface area contributed by atoms with Crippen LogP contribution in [-0.4, -0.2) is 11.1 Å². The van der Waals surface area contributed by atoms with E-state index in [0.717, 1.165) is 0 Å². The van der Waals surface area contributed by atoms with Crippen LogP contribution >= 0.6 is 0 Å². The van der Waals surface area contributed by atoms with Crippen molar-refractivity contribution in [2.45, 2.75) is 40.2 Å². The molecule has 0 bridgehead atoms. The molecule has 1 aliphatic heterocycles. The highest BCUT2D eigenvalue weighted by Crippen LogP contribution is 2.15. The molecular weight excluding hydrogens is 150 g/mol. The van der Waals surface area contributed by atoms with Gasteiger partial charge in [0, 0.05) is 17.9 Å². The van der Waals surface area contributed by atoms with E-state index in [1.165, 1.54) is 12.1 Å². The summed E-state index contributed by atoms with van der Waals surface area (Å²) in [5, 5.41) is 2.08. The molecule has 1 rings (SSSR count). The maximum atomic E-state index is 3.18. The summed E-state index contributed by atoms with van der Waals surface area (Å²) < 4.78 is 0. The van der Waals surface area contributed by atoms with E-state index in [0.29, 0.717) is 12.0 Å². The van der Waals surface area contributed by atoms with Crippen LogP contribution in [0, 0.1) is 5.92 Å². The SMILES string of the molecule is CCC(C)C1=CN(C(C)C)NN1. The second-order valence-electron chi connectivity index (χ2n) is 3.63. The van der Waals surface area contributed by atoms with E-state index in [2.05, 4.69) is 49.9 Å². The standard InChI is InChI=1S/C9H19N3/c1-5-8(4)9-6-12(7(2)3)11-10-9/h6-8,10-11H,5H2,1-4H3. The number of nitrogens with zero attached hydrogens (tertiary/aromatic N) is 1. The molecule has 70 valence electrons. The predicted octanol–water partition coefficient (Wildman–Crippen LogP) is 1.61.